The first-order chi connectivity index (χ1) is 19.5. The van der Waals surface area contributed by atoms with Gasteiger partial charge in [0.1, 0.15) is 29.8 Å². The van der Waals surface area contributed by atoms with Crippen LogP contribution in [0.1, 0.15) is 53.0 Å². The van der Waals surface area contributed by atoms with E-state index in [1.165, 1.54) is 17.0 Å². The number of aromatic amines is 1. The Hall–Kier alpha value is -3.51. The van der Waals surface area contributed by atoms with E-state index >= 15 is 8.78 Å². The lowest BCUT2D eigenvalue weighted by Gasteiger charge is -2.42. The van der Waals surface area contributed by atoms with Crippen LogP contribution >= 0.6 is 0 Å². The summed E-state index contributed by atoms with van der Waals surface area (Å²) in [6.07, 6.45) is -0.624. The minimum atomic E-state index is -3.46. The first-order valence-electron chi connectivity index (χ1n) is 13.4. The van der Waals surface area contributed by atoms with Crippen molar-refractivity contribution in [1.29, 1.82) is 0 Å². The van der Waals surface area contributed by atoms with Gasteiger partial charge in [0.25, 0.3) is 5.92 Å². The van der Waals surface area contributed by atoms with E-state index in [0.29, 0.717) is 42.5 Å². The molecule has 0 amide bonds. The summed E-state index contributed by atoms with van der Waals surface area (Å²) in [7, 11) is 0. The average Bonchev–Trinajstić information content (AvgIpc) is 3.23. The van der Waals surface area contributed by atoms with Crippen LogP contribution in [0, 0.1) is 11.6 Å². The number of alkyl halides is 3. The van der Waals surface area contributed by atoms with Gasteiger partial charge in [0.2, 0.25) is 0 Å². The van der Waals surface area contributed by atoms with E-state index in [1.807, 2.05) is 4.90 Å². The normalized spacial score (nSPS) is 20.1. The maximum absolute atomic E-state index is 15.8. The van der Waals surface area contributed by atoms with Crippen molar-refractivity contribution in [3.8, 4) is 5.75 Å². The second-order valence-electron chi connectivity index (χ2n) is 10.8. The number of benzene rings is 2. The van der Waals surface area contributed by atoms with Crippen LogP contribution in [0.25, 0.3) is 10.9 Å². The van der Waals surface area contributed by atoms with Crippen molar-refractivity contribution in [3.63, 3.8) is 0 Å². The van der Waals surface area contributed by atoms with Crippen molar-refractivity contribution in [2.24, 2.45) is 0 Å². The minimum Gasteiger partial charge on any atom is -0.488 e. The second kappa shape index (κ2) is 11.4. The van der Waals surface area contributed by atoms with Gasteiger partial charge in [-0.05, 0) is 37.5 Å². The molecule has 2 N–H and O–H groups in total. The number of ether oxygens (including phenoxy) is 1. The first-order valence-corrected chi connectivity index (χ1v) is 13.4. The molecule has 1 fully saturated rings. The zero-order valence-electron chi connectivity index (χ0n) is 22.3. The molecule has 1 saturated heterocycles. The van der Waals surface area contributed by atoms with Gasteiger partial charge in [0.15, 0.2) is 0 Å². The van der Waals surface area contributed by atoms with E-state index in [-0.39, 0.29) is 35.8 Å². The zero-order valence-corrected chi connectivity index (χ0v) is 22.3. The standard InChI is InChI=1S/C29H30F5N3O4/c1-16-9-21-20-4-3-17(28(39)40)10-24(20)35-26(21)27(37(16)15-29(33,34)5-8-38)25-22(31)11-18(12-23(25)32)41-19-13-36(14-19)7-2-6-30/h3-4,8,10-12,16,19,27,35H,2,5-7,9,13-15H2,1H3,(H,39,40)/t16-,27-/m1/s1. The van der Waals surface area contributed by atoms with Crippen LogP contribution < -0.4 is 4.74 Å². The highest BCUT2D eigenvalue weighted by molar-refractivity contribution is 5.95. The highest BCUT2D eigenvalue weighted by Gasteiger charge is 2.43. The van der Waals surface area contributed by atoms with E-state index in [4.69, 9.17) is 4.74 Å². The van der Waals surface area contributed by atoms with Crippen LogP contribution in [-0.4, -0.2) is 83.1 Å². The fraction of sp³-hybridized carbons (Fsp3) is 0.448. The summed E-state index contributed by atoms with van der Waals surface area (Å²) in [5.74, 6) is -6.66. The summed E-state index contributed by atoms with van der Waals surface area (Å²) < 4.78 is 79.2. The maximum Gasteiger partial charge on any atom is 0.335 e. The summed E-state index contributed by atoms with van der Waals surface area (Å²) in [5, 5.41) is 10.0. The Morgan fingerprint density at radius 1 is 1.20 bits per heavy atom. The van der Waals surface area contributed by atoms with E-state index in [9.17, 15) is 27.9 Å². The molecule has 12 heteroatoms. The number of carboxylic acids is 1. The van der Waals surface area contributed by atoms with Gasteiger partial charge < -0.3 is 19.6 Å². The van der Waals surface area contributed by atoms with Crippen LogP contribution in [0.4, 0.5) is 22.0 Å². The lowest BCUT2D eigenvalue weighted by Crippen LogP contribution is -2.53. The lowest BCUT2D eigenvalue weighted by molar-refractivity contribution is -0.117. The minimum absolute atomic E-state index is 0.00631. The maximum atomic E-state index is 15.8. The fourth-order valence-electron chi connectivity index (χ4n) is 5.85. The van der Waals surface area contributed by atoms with Crippen LogP contribution in [0.5, 0.6) is 5.75 Å². The van der Waals surface area contributed by atoms with Gasteiger partial charge in [0, 0.05) is 60.0 Å². The molecule has 0 spiro atoms. The Bertz CT molecular complexity index is 1430. The number of carboxylic acid groups (broad SMARTS) is 1. The Balaban J connectivity index is 1.54. The topological polar surface area (TPSA) is 85.9 Å². The number of carbonyl (C=O) groups is 2. The number of H-pyrrole nitrogens is 1. The highest BCUT2D eigenvalue weighted by atomic mass is 19.3. The first kappa shape index (κ1) is 29.0. The average molecular weight is 580 g/mol. The Kier molecular flexibility index (Phi) is 8.06. The molecule has 2 aliphatic rings. The molecule has 2 aliphatic heterocycles. The number of hydrogen-bond donors (Lipinski definition) is 2. The zero-order chi connectivity index (χ0) is 29.5. The molecule has 1 aromatic heterocycles. The third-order valence-corrected chi connectivity index (χ3v) is 7.81. The van der Waals surface area contributed by atoms with Gasteiger partial charge in [-0.15, -0.1) is 0 Å². The van der Waals surface area contributed by atoms with Gasteiger partial charge in [-0.25, -0.2) is 22.4 Å². The number of nitrogens with one attached hydrogen (secondary N) is 1. The van der Waals surface area contributed by atoms with Crippen LogP contribution in [0.2, 0.25) is 0 Å². The molecule has 0 bridgehead atoms. The molecule has 2 atom stereocenters. The number of nitrogens with zero attached hydrogens (tertiary/aromatic N) is 2. The highest BCUT2D eigenvalue weighted by Crippen LogP contribution is 2.44. The molecule has 3 heterocycles. The van der Waals surface area contributed by atoms with Crippen molar-refractivity contribution < 1.29 is 41.4 Å². The molecule has 7 nitrogen and oxygen atoms in total. The molecule has 0 saturated carbocycles. The van der Waals surface area contributed by atoms with Gasteiger partial charge in [0.05, 0.1) is 31.2 Å². The van der Waals surface area contributed by atoms with Gasteiger partial charge in [-0.1, -0.05) is 6.07 Å². The van der Waals surface area contributed by atoms with Gasteiger partial charge >= 0.3 is 5.97 Å². The molecule has 5 rings (SSSR count). The van der Waals surface area contributed by atoms with Crippen LogP contribution in [0.15, 0.2) is 30.3 Å². The number of rotatable bonds is 11. The number of aromatic carboxylic acids is 1. The monoisotopic (exact) mass is 579 g/mol. The number of aromatic nitrogens is 1. The third-order valence-electron chi connectivity index (χ3n) is 7.81. The van der Waals surface area contributed by atoms with Crippen molar-refractivity contribution in [1.82, 2.24) is 14.8 Å². The van der Waals surface area contributed by atoms with Crippen molar-refractivity contribution >= 4 is 23.2 Å². The van der Waals surface area contributed by atoms with Crippen LogP contribution in [0.3, 0.4) is 0 Å². The summed E-state index contributed by atoms with van der Waals surface area (Å²) in [6, 6.07) is 4.51. The molecule has 220 valence electrons. The second-order valence-corrected chi connectivity index (χ2v) is 10.8. The smallest absolute Gasteiger partial charge is 0.335 e. The summed E-state index contributed by atoms with van der Waals surface area (Å²) in [6.45, 7) is 1.83. The Morgan fingerprint density at radius 3 is 2.54 bits per heavy atom. The van der Waals surface area contributed by atoms with E-state index in [0.717, 1.165) is 12.1 Å². The molecular weight excluding hydrogens is 549 g/mol. The van der Waals surface area contributed by atoms with E-state index < -0.39 is 60.8 Å². The SMILES string of the molecule is C[C@@H]1Cc2c([nH]c3cc(C(=O)O)ccc23)[C@@H](c2c(F)cc(OC3CN(CCCF)C3)cc2F)N1CC(F)(F)CC=O. The molecule has 2 aromatic carbocycles. The number of hydrogen-bond acceptors (Lipinski definition) is 5. The van der Waals surface area contributed by atoms with Crippen molar-refractivity contribution in [2.75, 3.05) is 32.9 Å². The number of likely N-dealkylation sites (tertiary alicyclic amines) is 1. The predicted octanol–water partition coefficient (Wildman–Crippen LogP) is 5.13. The summed E-state index contributed by atoms with van der Waals surface area (Å²) in [5.41, 5.74) is 0.850. The number of aldehydes is 1. The molecule has 0 radical (unpaired) electrons. The lowest BCUT2D eigenvalue weighted by atomic mass is 9.87. The van der Waals surface area contributed by atoms with Crippen molar-refractivity contribution in [3.05, 3.63) is 64.4 Å². The largest absolute Gasteiger partial charge is 0.488 e. The number of carbonyl (C=O) groups excluding carboxylic acids is 1. The predicted molar refractivity (Wildman–Crippen MR) is 140 cm³/mol. The van der Waals surface area contributed by atoms with Gasteiger partial charge in [-0.3, -0.25) is 14.2 Å². The molecule has 41 heavy (non-hydrogen) atoms. The van der Waals surface area contributed by atoms with Crippen molar-refractivity contribution in [2.45, 2.75) is 50.3 Å². The summed E-state index contributed by atoms with van der Waals surface area (Å²) in [4.78, 5) is 28.7. The number of halogens is 5. The fourth-order valence-corrected chi connectivity index (χ4v) is 5.85. The Morgan fingerprint density at radius 2 is 1.90 bits per heavy atom. The Labute approximate surface area is 232 Å². The van der Waals surface area contributed by atoms with E-state index in [1.54, 1.807) is 13.0 Å². The third kappa shape index (κ3) is 5.80. The molecular formula is C29H30F5N3O4. The van der Waals surface area contributed by atoms with Gasteiger partial charge in [-0.2, -0.15) is 0 Å². The number of fused-ring (bicyclic) bond motifs is 3. The summed E-state index contributed by atoms with van der Waals surface area (Å²) >= 11 is 0. The van der Waals surface area contributed by atoms with Crippen LogP contribution in [-0.2, 0) is 11.2 Å². The molecule has 0 aliphatic carbocycles. The molecule has 0 unspecified atom stereocenters. The van der Waals surface area contributed by atoms with E-state index in [2.05, 4.69) is 4.98 Å². The molecule has 3 aromatic rings. The quantitative estimate of drug-likeness (QED) is 0.242.